The first-order chi connectivity index (χ1) is 11.3. The summed E-state index contributed by atoms with van der Waals surface area (Å²) in [5.41, 5.74) is 0.404. The highest BCUT2D eigenvalue weighted by Gasteiger charge is 2.27. The van der Waals surface area contributed by atoms with E-state index in [1.165, 1.54) is 12.1 Å². The van der Waals surface area contributed by atoms with Gasteiger partial charge in [0.25, 0.3) is 10.0 Å². The van der Waals surface area contributed by atoms with E-state index < -0.39 is 16.0 Å². The lowest BCUT2D eigenvalue weighted by atomic mass is 10.3. The molecule has 0 heterocycles. The van der Waals surface area contributed by atoms with E-state index in [-0.39, 0.29) is 17.5 Å². The smallest absolute Gasteiger partial charge is 0.327 e. The average molecular weight is 412 g/mol. The molecule has 0 bridgehead atoms. The topological polar surface area (TPSA) is 63.7 Å². The Morgan fingerprint density at radius 2 is 1.67 bits per heavy atom. The van der Waals surface area contributed by atoms with Gasteiger partial charge in [-0.05, 0) is 50.2 Å². The van der Waals surface area contributed by atoms with Crippen molar-refractivity contribution in [3.8, 4) is 0 Å². The minimum atomic E-state index is -3.89. The summed E-state index contributed by atoms with van der Waals surface area (Å²) in [5.74, 6) is -0.602. The second kappa shape index (κ2) is 7.81. The van der Waals surface area contributed by atoms with Gasteiger partial charge in [0.2, 0.25) is 0 Å². The van der Waals surface area contributed by atoms with Gasteiger partial charge >= 0.3 is 5.97 Å². The molecule has 0 saturated heterocycles. The summed E-state index contributed by atoms with van der Waals surface area (Å²) in [6.07, 6.45) is -0.314. The van der Waals surface area contributed by atoms with E-state index in [2.05, 4.69) is 15.9 Å². The molecule has 2 aromatic rings. The monoisotopic (exact) mass is 411 g/mol. The Morgan fingerprint density at radius 1 is 1.08 bits per heavy atom. The Bertz CT molecular complexity index is 789. The summed E-state index contributed by atoms with van der Waals surface area (Å²) >= 11 is 3.28. The van der Waals surface area contributed by atoms with Gasteiger partial charge in [-0.15, -0.1) is 0 Å². The van der Waals surface area contributed by atoms with Crippen molar-refractivity contribution in [1.29, 1.82) is 0 Å². The van der Waals surface area contributed by atoms with Gasteiger partial charge in [-0.1, -0.05) is 34.1 Å². The summed E-state index contributed by atoms with van der Waals surface area (Å²) in [5, 5.41) is 0. The Labute approximate surface area is 150 Å². The maximum Gasteiger partial charge on any atom is 0.327 e. The van der Waals surface area contributed by atoms with Crippen molar-refractivity contribution in [2.24, 2.45) is 0 Å². The first-order valence-electron chi connectivity index (χ1n) is 7.33. The standard InChI is InChI=1S/C17H18BrNO4S/c1-13(2)23-17(20)12-19(15-6-4-3-5-7-15)24(21,22)16-10-8-14(18)9-11-16/h3-11,13H,12H2,1-2H3. The van der Waals surface area contributed by atoms with Crippen molar-refractivity contribution in [2.45, 2.75) is 24.8 Å². The van der Waals surface area contributed by atoms with E-state index in [0.29, 0.717) is 5.69 Å². The van der Waals surface area contributed by atoms with Crippen LogP contribution < -0.4 is 4.31 Å². The molecule has 0 saturated carbocycles. The molecule has 0 fully saturated rings. The number of hydrogen-bond acceptors (Lipinski definition) is 4. The largest absolute Gasteiger partial charge is 0.462 e. The quantitative estimate of drug-likeness (QED) is 0.681. The van der Waals surface area contributed by atoms with E-state index in [4.69, 9.17) is 4.74 Å². The van der Waals surface area contributed by atoms with Crippen molar-refractivity contribution in [2.75, 3.05) is 10.8 Å². The molecule has 0 aliphatic heterocycles. The third-order valence-electron chi connectivity index (χ3n) is 3.09. The molecule has 2 rings (SSSR count). The van der Waals surface area contributed by atoms with Gasteiger partial charge in [0.1, 0.15) is 6.54 Å². The molecule has 24 heavy (non-hydrogen) atoms. The van der Waals surface area contributed by atoms with Crippen LogP contribution in [0.5, 0.6) is 0 Å². The second-order valence-corrected chi connectivity index (χ2v) is 8.12. The number of hydrogen-bond donors (Lipinski definition) is 0. The fraction of sp³-hybridized carbons (Fsp3) is 0.235. The zero-order chi connectivity index (χ0) is 17.7. The normalized spacial score (nSPS) is 11.3. The lowest BCUT2D eigenvalue weighted by Crippen LogP contribution is -2.37. The lowest BCUT2D eigenvalue weighted by molar-refractivity contribution is -0.145. The molecule has 0 N–H and O–H groups in total. The third-order valence-corrected chi connectivity index (χ3v) is 5.40. The number of nitrogens with zero attached hydrogens (tertiary/aromatic N) is 1. The number of para-hydroxylation sites is 1. The lowest BCUT2D eigenvalue weighted by Gasteiger charge is -2.24. The molecule has 0 aliphatic rings. The summed E-state index contributed by atoms with van der Waals surface area (Å²) < 4.78 is 32.9. The van der Waals surface area contributed by atoms with Crippen LogP contribution >= 0.6 is 15.9 Å². The molecule has 0 unspecified atom stereocenters. The Morgan fingerprint density at radius 3 is 2.21 bits per heavy atom. The first kappa shape index (κ1) is 18.5. The number of carbonyl (C=O) groups excluding carboxylic acids is 1. The van der Waals surface area contributed by atoms with Crippen molar-refractivity contribution < 1.29 is 17.9 Å². The van der Waals surface area contributed by atoms with Gasteiger partial charge in [-0.2, -0.15) is 0 Å². The molecule has 0 radical (unpaired) electrons. The number of ether oxygens (including phenoxy) is 1. The van der Waals surface area contributed by atoms with E-state index in [0.717, 1.165) is 8.78 Å². The summed E-state index contributed by atoms with van der Waals surface area (Å²) in [7, 11) is -3.89. The Balaban J connectivity index is 2.41. The molecule has 0 aliphatic carbocycles. The second-order valence-electron chi connectivity index (χ2n) is 5.34. The molecular weight excluding hydrogens is 394 g/mol. The average Bonchev–Trinajstić information content (AvgIpc) is 2.53. The predicted octanol–water partition coefficient (Wildman–Crippen LogP) is 3.60. The molecule has 5 nitrogen and oxygen atoms in total. The zero-order valence-corrected chi connectivity index (χ0v) is 15.7. The number of carbonyl (C=O) groups is 1. The van der Waals surface area contributed by atoms with Gasteiger partial charge < -0.3 is 4.74 Å². The number of halogens is 1. The fourth-order valence-corrected chi connectivity index (χ4v) is 3.73. The van der Waals surface area contributed by atoms with Crippen LogP contribution in [0.1, 0.15) is 13.8 Å². The summed E-state index contributed by atoms with van der Waals surface area (Å²) in [6.45, 7) is 3.04. The Kier molecular flexibility index (Phi) is 6.01. The number of sulfonamides is 1. The first-order valence-corrected chi connectivity index (χ1v) is 9.57. The van der Waals surface area contributed by atoms with E-state index >= 15 is 0 Å². The van der Waals surface area contributed by atoms with Crippen molar-refractivity contribution in [3.05, 3.63) is 59.1 Å². The molecule has 2 aromatic carbocycles. The summed E-state index contributed by atoms with van der Waals surface area (Å²) in [4.78, 5) is 12.1. The minimum absolute atomic E-state index is 0.104. The van der Waals surface area contributed by atoms with Gasteiger partial charge in [0.15, 0.2) is 0 Å². The van der Waals surface area contributed by atoms with Gasteiger partial charge in [-0.3, -0.25) is 9.10 Å². The van der Waals surface area contributed by atoms with Crippen LogP contribution in [0.25, 0.3) is 0 Å². The molecule has 0 spiro atoms. The zero-order valence-electron chi connectivity index (χ0n) is 13.3. The highest BCUT2D eigenvalue weighted by Crippen LogP contribution is 2.24. The van der Waals surface area contributed by atoms with Crippen LogP contribution in [-0.2, 0) is 19.6 Å². The van der Waals surface area contributed by atoms with Gasteiger partial charge in [0.05, 0.1) is 16.7 Å². The van der Waals surface area contributed by atoms with Crippen LogP contribution in [0.3, 0.4) is 0 Å². The molecule has 7 heteroatoms. The number of benzene rings is 2. The van der Waals surface area contributed by atoms with Gasteiger partial charge in [0, 0.05) is 4.47 Å². The van der Waals surface area contributed by atoms with Crippen LogP contribution in [0, 0.1) is 0 Å². The highest BCUT2D eigenvalue weighted by atomic mass is 79.9. The van der Waals surface area contributed by atoms with E-state index in [1.54, 1.807) is 56.3 Å². The maximum atomic E-state index is 13.0. The van der Waals surface area contributed by atoms with Crippen molar-refractivity contribution in [3.63, 3.8) is 0 Å². The number of anilines is 1. The van der Waals surface area contributed by atoms with Gasteiger partial charge in [-0.25, -0.2) is 8.42 Å². The van der Waals surface area contributed by atoms with E-state index in [9.17, 15) is 13.2 Å². The van der Waals surface area contributed by atoms with Crippen LogP contribution in [-0.4, -0.2) is 27.0 Å². The highest BCUT2D eigenvalue weighted by molar-refractivity contribution is 9.10. The minimum Gasteiger partial charge on any atom is -0.462 e. The van der Waals surface area contributed by atoms with Crippen LogP contribution in [0.15, 0.2) is 64.0 Å². The predicted molar refractivity (Wildman–Crippen MR) is 96.3 cm³/mol. The van der Waals surface area contributed by atoms with E-state index in [1.807, 2.05) is 0 Å². The van der Waals surface area contributed by atoms with Crippen LogP contribution in [0.4, 0.5) is 5.69 Å². The molecule has 0 aromatic heterocycles. The molecule has 0 amide bonds. The van der Waals surface area contributed by atoms with Crippen molar-refractivity contribution in [1.82, 2.24) is 0 Å². The Hall–Kier alpha value is -1.86. The molecule has 128 valence electrons. The third kappa shape index (κ3) is 4.58. The van der Waals surface area contributed by atoms with Crippen molar-refractivity contribution >= 4 is 37.6 Å². The molecule has 0 atom stereocenters. The fourth-order valence-electron chi connectivity index (χ4n) is 2.06. The SMILES string of the molecule is CC(C)OC(=O)CN(c1ccccc1)S(=O)(=O)c1ccc(Br)cc1. The van der Waals surface area contributed by atoms with Crippen LogP contribution in [0.2, 0.25) is 0 Å². The number of rotatable bonds is 6. The maximum absolute atomic E-state index is 13.0. The molecular formula is C17H18BrNO4S. The summed E-state index contributed by atoms with van der Waals surface area (Å²) in [6, 6.07) is 14.7. The number of esters is 1.